The minimum Gasteiger partial charge on any atom is -0.464 e. The molecule has 0 bridgehead atoms. The van der Waals surface area contributed by atoms with Crippen molar-refractivity contribution < 1.29 is 4.42 Å². The SMILES string of the molecule is NCCCc1coc2ccc(Br)cc12. The van der Waals surface area contributed by atoms with Crippen LogP contribution in [0.1, 0.15) is 12.0 Å². The van der Waals surface area contributed by atoms with Crippen LogP contribution in [0.15, 0.2) is 33.4 Å². The van der Waals surface area contributed by atoms with E-state index in [0.29, 0.717) is 0 Å². The van der Waals surface area contributed by atoms with Crippen molar-refractivity contribution >= 4 is 26.9 Å². The fourth-order valence-corrected chi connectivity index (χ4v) is 1.90. The van der Waals surface area contributed by atoms with E-state index in [1.54, 1.807) is 0 Å². The van der Waals surface area contributed by atoms with Crippen LogP contribution >= 0.6 is 15.9 Å². The van der Waals surface area contributed by atoms with Crippen molar-refractivity contribution in [3.05, 3.63) is 34.5 Å². The fraction of sp³-hybridized carbons (Fsp3) is 0.273. The molecule has 0 unspecified atom stereocenters. The summed E-state index contributed by atoms with van der Waals surface area (Å²) in [5, 5.41) is 1.19. The van der Waals surface area contributed by atoms with Crippen LogP contribution < -0.4 is 5.73 Å². The summed E-state index contributed by atoms with van der Waals surface area (Å²) >= 11 is 3.45. The van der Waals surface area contributed by atoms with Gasteiger partial charge in [0.05, 0.1) is 6.26 Å². The van der Waals surface area contributed by atoms with Gasteiger partial charge >= 0.3 is 0 Å². The molecule has 2 aromatic rings. The Bertz CT molecular complexity index is 436. The Morgan fingerprint density at radius 2 is 2.21 bits per heavy atom. The molecule has 1 aromatic heterocycles. The molecule has 14 heavy (non-hydrogen) atoms. The summed E-state index contributed by atoms with van der Waals surface area (Å²) in [4.78, 5) is 0. The highest BCUT2D eigenvalue weighted by atomic mass is 79.9. The zero-order valence-electron chi connectivity index (χ0n) is 7.79. The second kappa shape index (κ2) is 4.15. The van der Waals surface area contributed by atoms with E-state index in [1.807, 2.05) is 18.4 Å². The second-order valence-electron chi connectivity index (χ2n) is 3.29. The molecular weight excluding hydrogens is 242 g/mol. The first-order valence-corrected chi connectivity index (χ1v) is 5.46. The Morgan fingerprint density at radius 3 is 3.00 bits per heavy atom. The molecule has 2 rings (SSSR count). The van der Waals surface area contributed by atoms with Crippen molar-refractivity contribution in [3.63, 3.8) is 0 Å². The van der Waals surface area contributed by atoms with Gasteiger partial charge in [-0.1, -0.05) is 15.9 Å². The first-order chi connectivity index (χ1) is 6.81. The van der Waals surface area contributed by atoms with Gasteiger partial charge in [-0.05, 0) is 43.1 Å². The maximum atomic E-state index is 5.48. The number of furan rings is 1. The molecule has 3 heteroatoms. The highest BCUT2D eigenvalue weighted by molar-refractivity contribution is 9.10. The lowest BCUT2D eigenvalue weighted by Gasteiger charge is -1.96. The fourth-order valence-electron chi connectivity index (χ4n) is 1.54. The molecule has 0 aliphatic rings. The van der Waals surface area contributed by atoms with Gasteiger partial charge in [-0.15, -0.1) is 0 Å². The molecule has 0 atom stereocenters. The Morgan fingerprint density at radius 1 is 1.36 bits per heavy atom. The summed E-state index contributed by atoms with van der Waals surface area (Å²) in [6.07, 6.45) is 3.81. The van der Waals surface area contributed by atoms with Crippen molar-refractivity contribution in [2.75, 3.05) is 6.54 Å². The number of hydrogen-bond donors (Lipinski definition) is 1. The maximum absolute atomic E-state index is 5.48. The van der Waals surface area contributed by atoms with Crippen LogP contribution in [0.5, 0.6) is 0 Å². The van der Waals surface area contributed by atoms with Crippen LogP contribution in [0.4, 0.5) is 0 Å². The molecule has 0 spiro atoms. The lowest BCUT2D eigenvalue weighted by Crippen LogP contribution is -1.99. The van der Waals surface area contributed by atoms with Crippen molar-refractivity contribution in [2.24, 2.45) is 5.73 Å². The van der Waals surface area contributed by atoms with Crippen molar-refractivity contribution in [3.8, 4) is 0 Å². The third kappa shape index (κ3) is 1.83. The van der Waals surface area contributed by atoms with Gasteiger partial charge in [-0.3, -0.25) is 0 Å². The van der Waals surface area contributed by atoms with Crippen LogP contribution in [0.2, 0.25) is 0 Å². The number of hydrogen-bond acceptors (Lipinski definition) is 2. The highest BCUT2D eigenvalue weighted by Crippen LogP contribution is 2.25. The van der Waals surface area contributed by atoms with Crippen molar-refractivity contribution in [1.29, 1.82) is 0 Å². The number of aryl methyl sites for hydroxylation is 1. The summed E-state index contributed by atoms with van der Waals surface area (Å²) in [5.41, 5.74) is 7.67. The Hall–Kier alpha value is -0.800. The molecule has 2 N–H and O–H groups in total. The lowest BCUT2D eigenvalue weighted by molar-refractivity contribution is 0.609. The van der Waals surface area contributed by atoms with Crippen molar-refractivity contribution in [2.45, 2.75) is 12.8 Å². The largest absolute Gasteiger partial charge is 0.464 e. The highest BCUT2D eigenvalue weighted by Gasteiger charge is 2.05. The molecule has 0 fully saturated rings. The van der Waals surface area contributed by atoms with E-state index in [9.17, 15) is 0 Å². The number of nitrogens with two attached hydrogens (primary N) is 1. The molecule has 0 radical (unpaired) electrons. The molecule has 1 aromatic carbocycles. The van der Waals surface area contributed by atoms with Crippen molar-refractivity contribution in [1.82, 2.24) is 0 Å². The quantitative estimate of drug-likeness (QED) is 0.914. The molecule has 0 saturated carbocycles. The normalized spacial score (nSPS) is 11.0. The van der Waals surface area contributed by atoms with Crippen LogP contribution in [0.25, 0.3) is 11.0 Å². The minimum atomic E-state index is 0.723. The Labute approximate surface area is 91.2 Å². The number of benzene rings is 1. The zero-order valence-corrected chi connectivity index (χ0v) is 9.38. The van der Waals surface area contributed by atoms with Gasteiger partial charge in [-0.2, -0.15) is 0 Å². The van der Waals surface area contributed by atoms with E-state index in [1.165, 1.54) is 10.9 Å². The standard InChI is InChI=1S/C11H12BrNO/c12-9-3-4-11-10(6-9)8(7-14-11)2-1-5-13/h3-4,6-7H,1-2,5,13H2. The molecule has 2 nitrogen and oxygen atoms in total. The molecular formula is C11H12BrNO. The number of fused-ring (bicyclic) bond motifs is 1. The van der Waals surface area contributed by atoms with Crippen LogP contribution in [-0.2, 0) is 6.42 Å². The molecule has 0 saturated heterocycles. The van der Waals surface area contributed by atoms with E-state index in [2.05, 4.69) is 22.0 Å². The predicted octanol–water partition coefficient (Wildman–Crippen LogP) is 3.09. The van der Waals surface area contributed by atoms with E-state index in [4.69, 9.17) is 10.2 Å². The predicted molar refractivity (Wildman–Crippen MR) is 61.3 cm³/mol. The molecule has 0 amide bonds. The van der Waals surface area contributed by atoms with Gasteiger partial charge < -0.3 is 10.2 Å². The van der Waals surface area contributed by atoms with E-state index < -0.39 is 0 Å². The Balaban J connectivity index is 2.40. The monoisotopic (exact) mass is 253 g/mol. The molecule has 0 aliphatic heterocycles. The van der Waals surface area contributed by atoms with Gasteiger partial charge in [0.1, 0.15) is 5.58 Å². The topological polar surface area (TPSA) is 39.2 Å². The van der Waals surface area contributed by atoms with Crippen LogP contribution in [0, 0.1) is 0 Å². The van der Waals surface area contributed by atoms with Crippen LogP contribution in [0.3, 0.4) is 0 Å². The minimum absolute atomic E-state index is 0.723. The first-order valence-electron chi connectivity index (χ1n) is 4.67. The average molecular weight is 254 g/mol. The second-order valence-corrected chi connectivity index (χ2v) is 4.21. The zero-order chi connectivity index (χ0) is 9.97. The van der Waals surface area contributed by atoms with E-state index in [0.717, 1.165) is 29.4 Å². The van der Waals surface area contributed by atoms with E-state index in [-0.39, 0.29) is 0 Å². The smallest absolute Gasteiger partial charge is 0.134 e. The summed E-state index contributed by atoms with van der Waals surface area (Å²) in [5.74, 6) is 0. The molecule has 0 aliphatic carbocycles. The third-order valence-electron chi connectivity index (χ3n) is 2.27. The maximum Gasteiger partial charge on any atom is 0.134 e. The van der Waals surface area contributed by atoms with Gasteiger partial charge in [-0.25, -0.2) is 0 Å². The summed E-state index contributed by atoms with van der Waals surface area (Å²) in [7, 11) is 0. The third-order valence-corrected chi connectivity index (χ3v) is 2.76. The molecule has 74 valence electrons. The molecule has 1 heterocycles. The van der Waals surface area contributed by atoms with Gasteiger partial charge in [0.15, 0.2) is 0 Å². The Kier molecular flexibility index (Phi) is 2.89. The van der Waals surface area contributed by atoms with Crippen LogP contribution in [-0.4, -0.2) is 6.54 Å². The summed E-state index contributed by atoms with van der Waals surface area (Å²) < 4.78 is 6.52. The van der Waals surface area contributed by atoms with Gasteiger partial charge in [0.2, 0.25) is 0 Å². The van der Waals surface area contributed by atoms with E-state index >= 15 is 0 Å². The summed E-state index contributed by atoms with van der Waals surface area (Å²) in [6.45, 7) is 0.723. The lowest BCUT2D eigenvalue weighted by atomic mass is 10.1. The average Bonchev–Trinajstić information content (AvgIpc) is 2.57. The van der Waals surface area contributed by atoms with Gasteiger partial charge in [0, 0.05) is 9.86 Å². The van der Waals surface area contributed by atoms with Gasteiger partial charge in [0.25, 0.3) is 0 Å². The summed E-state index contributed by atoms with van der Waals surface area (Å²) in [6, 6.07) is 6.05. The number of rotatable bonds is 3. The first kappa shape index (κ1) is 9.74. The number of halogens is 1.